The normalized spacial score (nSPS) is 11.5. The Hall–Kier alpha value is -3.22. The van der Waals surface area contributed by atoms with Gasteiger partial charge in [-0.2, -0.15) is 0 Å². The summed E-state index contributed by atoms with van der Waals surface area (Å²) in [4.78, 5) is 7.78. The maximum atomic E-state index is 13.3. The van der Waals surface area contributed by atoms with Gasteiger partial charge in [0.2, 0.25) is 0 Å². The maximum absolute atomic E-state index is 13.3. The minimum absolute atomic E-state index is 0.237. The number of para-hydroxylation sites is 1. The molecule has 1 heterocycles. The fraction of sp³-hybridized carbons (Fsp3) is 0.318. The first kappa shape index (κ1) is 20.5. The molecule has 1 aromatic heterocycles. The number of hydrogen-bond donors (Lipinski definition) is 3. The second-order valence-corrected chi connectivity index (χ2v) is 6.53. The van der Waals surface area contributed by atoms with Crippen LogP contribution in [0.25, 0.3) is 10.9 Å². The summed E-state index contributed by atoms with van der Waals surface area (Å²) in [6, 6.07) is 10.6. The van der Waals surface area contributed by atoms with Crippen LogP contribution in [-0.4, -0.2) is 38.3 Å². The average Bonchev–Trinajstić information content (AvgIpc) is 3.13. The van der Waals surface area contributed by atoms with E-state index in [9.17, 15) is 4.39 Å². The highest BCUT2D eigenvalue weighted by molar-refractivity contribution is 5.83. The maximum Gasteiger partial charge on any atom is 0.191 e. The van der Waals surface area contributed by atoms with Gasteiger partial charge in [-0.25, -0.2) is 9.38 Å². The lowest BCUT2D eigenvalue weighted by Crippen LogP contribution is -2.38. The molecule has 0 fully saturated rings. The van der Waals surface area contributed by atoms with Crippen molar-refractivity contribution in [3.63, 3.8) is 0 Å². The van der Waals surface area contributed by atoms with Gasteiger partial charge in [0.1, 0.15) is 5.82 Å². The SMILES string of the molecule is CCNC(=NCc1cccc(OC)c1OC)NCCc1c[nH]c2cc(F)ccc12. The number of guanidine groups is 1. The van der Waals surface area contributed by atoms with Crippen molar-refractivity contribution in [1.82, 2.24) is 15.6 Å². The number of ether oxygens (including phenoxy) is 2. The van der Waals surface area contributed by atoms with E-state index in [2.05, 4.69) is 20.6 Å². The topological polar surface area (TPSA) is 70.7 Å². The molecular weight excluding hydrogens is 371 g/mol. The lowest BCUT2D eigenvalue weighted by atomic mass is 10.1. The van der Waals surface area contributed by atoms with Crippen molar-refractivity contribution in [2.45, 2.75) is 19.9 Å². The molecule has 0 saturated carbocycles. The van der Waals surface area contributed by atoms with Gasteiger partial charge in [-0.15, -0.1) is 0 Å². The van der Waals surface area contributed by atoms with Crippen molar-refractivity contribution < 1.29 is 13.9 Å². The quantitative estimate of drug-likeness (QED) is 0.400. The molecule has 7 heteroatoms. The lowest BCUT2D eigenvalue weighted by Gasteiger charge is -2.13. The number of aromatic nitrogens is 1. The molecule has 3 N–H and O–H groups in total. The van der Waals surface area contributed by atoms with E-state index in [0.717, 1.165) is 41.0 Å². The standard InChI is InChI=1S/C22H27FN4O2/c1-4-24-22(27-14-16-6-5-7-20(28-2)21(16)29-3)25-11-10-15-13-26-19-12-17(23)8-9-18(15)19/h5-9,12-13,26H,4,10-11,14H2,1-3H3,(H2,24,25,27). The third-order valence-electron chi connectivity index (χ3n) is 4.65. The summed E-state index contributed by atoms with van der Waals surface area (Å²) in [6.45, 7) is 3.94. The highest BCUT2D eigenvalue weighted by Crippen LogP contribution is 2.31. The first-order chi connectivity index (χ1) is 14.2. The molecule has 0 aliphatic heterocycles. The zero-order valence-electron chi connectivity index (χ0n) is 17.0. The van der Waals surface area contributed by atoms with Gasteiger partial charge in [-0.3, -0.25) is 0 Å². The minimum atomic E-state index is -0.237. The predicted octanol–water partition coefficient (Wildman–Crippen LogP) is 3.62. The molecule has 0 bridgehead atoms. The summed E-state index contributed by atoms with van der Waals surface area (Å²) in [6.07, 6.45) is 2.72. The molecule has 6 nitrogen and oxygen atoms in total. The molecular formula is C22H27FN4O2. The third kappa shape index (κ3) is 4.99. The Bertz CT molecular complexity index is 984. The number of aliphatic imine (C=N–C) groups is 1. The number of benzene rings is 2. The molecule has 29 heavy (non-hydrogen) atoms. The minimum Gasteiger partial charge on any atom is -0.493 e. The van der Waals surface area contributed by atoms with Gasteiger partial charge in [0.05, 0.1) is 20.8 Å². The summed E-state index contributed by atoms with van der Waals surface area (Å²) in [5.74, 6) is 1.87. The molecule has 3 rings (SSSR count). The van der Waals surface area contributed by atoms with E-state index < -0.39 is 0 Å². The van der Waals surface area contributed by atoms with Crippen LogP contribution in [0, 0.1) is 5.82 Å². The number of fused-ring (bicyclic) bond motifs is 1. The first-order valence-electron chi connectivity index (χ1n) is 9.63. The van der Waals surface area contributed by atoms with Crippen molar-refractivity contribution in [2.75, 3.05) is 27.3 Å². The Morgan fingerprint density at radius 2 is 1.97 bits per heavy atom. The molecule has 0 unspecified atom stereocenters. The number of methoxy groups -OCH3 is 2. The number of nitrogens with zero attached hydrogens (tertiary/aromatic N) is 1. The van der Waals surface area contributed by atoms with Crippen LogP contribution in [0.2, 0.25) is 0 Å². The second kappa shape index (κ2) is 9.82. The van der Waals surface area contributed by atoms with Gasteiger partial charge in [-0.1, -0.05) is 12.1 Å². The molecule has 0 spiro atoms. The van der Waals surface area contributed by atoms with Crippen molar-refractivity contribution in [3.8, 4) is 11.5 Å². The number of H-pyrrole nitrogens is 1. The van der Waals surface area contributed by atoms with E-state index in [-0.39, 0.29) is 5.82 Å². The zero-order valence-corrected chi connectivity index (χ0v) is 17.0. The van der Waals surface area contributed by atoms with Gasteiger partial charge < -0.3 is 25.1 Å². The van der Waals surface area contributed by atoms with E-state index in [1.807, 2.05) is 37.4 Å². The van der Waals surface area contributed by atoms with Crippen LogP contribution in [0.5, 0.6) is 11.5 Å². The predicted molar refractivity (Wildman–Crippen MR) is 114 cm³/mol. The fourth-order valence-corrected chi connectivity index (χ4v) is 3.27. The van der Waals surface area contributed by atoms with Crippen LogP contribution in [0.1, 0.15) is 18.1 Å². The molecule has 0 aliphatic carbocycles. The number of halogens is 1. The van der Waals surface area contributed by atoms with E-state index >= 15 is 0 Å². The fourth-order valence-electron chi connectivity index (χ4n) is 3.27. The highest BCUT2D eigenvalue weighted by Gasteiger charge is 2.09. The Labute approximate surface area is 170 Å². The van der Waals surface area contributed by atoms with E-state index in [1.165, 1.54) is 12.1 Å². The molecule has 0 amide bonds. The average molecular weight is 398 g/mol. The summed E-state index contributed by atoms with van der Waals surface area (Å²) in [5, 5.41) is 7.64. The highest BCUT2D eigenvalue weighted by atomic mass is 19.1. The zero-order chi connectivity index (χ0) is 20.6. The molecule has 154 valence electrons. The van der Waals surface area contributed by atoms with Crippen LogP contribution in [0.4, 0.5) is 4.39 Å². The summed E-state index contributed by atoms with van der Waals surface area (Å²) < 4.78 is 24.2. The largest absolute Gasteiger partial charge is 0.493 e. The molecule has 0 radical (unpaired) electrons. The molecule has 3 aromatic rings. The van der Waals surface area contributed by atoms with Crippen molar-refractivity contribution in [2.24, 2.45) is 4.99 Å². The van der Waals surface area contributed by atoms with Crippen LogP contribution >= 0.6 is 0 Å². The second-order valence-electron chi connectivity index (χ2n) is 6.53. The summed E-state index contributed by atoms with van der Waals surface area (Å²) in [5.41, 5.74) is 2.89. The number of nitrogens with one attached hydrogen (secondary N) is 3. The Morgan fingerprint density at radius 1 is 1.10 bits per heavy atom. The Kier molecular flexibility index (Phi) is 6.94. The lowest BCUT2D eigenvalue weighted by molar-refractivity contribution is 0.352. The Balaban J connectivity index is 1.65. The first-order valence-corrected chi connectivity index (χ1v) is 9.63. The third-order valence-corrected chi connectivity index (χ3v) is 4.65. The van der Waals surface area contributed by atoms with Crippen molar-refractivity contribution >= 4 is 16.9 Å². The smallest absolute Gasteiger partial charge is 0.191 e. The van der Waals surface area contributed by atoms with Gasteiger partial charge in [0.25, 0.3) is 0 Å². The van der Waals surface area contributed by atoms with Crippen molar-refractivity contribution in [3.05, 3.63) is 59.5 Å². The molecule has 0 aliphatic rings. The van der Waals surface area contributed by atoms with Crippen LogP contribution in [-0.2, 0) is 13.0 Å². The van der Waals surface area contributed by atoms with Gasteiger partial charge >= 0.3 is 0 Å². The number of hydrogen-bond acceptors (Lipinski definition) is 3. The summed E-state index contributed by atoms with van der Waals surface area (Å²) >= 11 is 0. The van der Waals surface area contributed by atoms with E-state index in [4.69, 9.17) is 9.47 Å². The van der Waals surface area contributed by atoms with Gasteiger partial charge in [0.15, 0.2) is 17.5 Å². The summed E-state index contributed by atoms with van der Waals surface area (Å²) in [7, 11) is 3.25. The molecule has 0 atom stereocenters. The van der Waals surface area contributed by atoms with E-state index in [1.54, 1.807) is 14.2 Å². The number of aromatic amines is 1. The molecule has 0 saturated heterocycles. The van der Waals surface area contributed by atoms with Crippen LogP contribution in [0.15, 0.2) is 47.6 Å². The molecule has 2 aromatic carbocycles. The number of rotatable bonds is 8. The van der Waals surface area contributed by atoms with Gasteiger partial charge in [0, 0.05) is 35.8 Å². The Morgan fingerprint density at radius 3 is 2.72 bits per heavy atom. The van der Waals surface area contributed by atoms with E-state index in [0.29, 0.717) is 24.6 Å². The van der Waals surface area contributed by atoms with Gasteiger partial charge in [-0.05, 0) is 43.2 Å². The van der Waals surface area contributed by atoms with Crippen molar-refractivity contribution in [1.29, 1.82) is 0 Å². The van der Waals surface area contributed by atoms with Crippen LogP contribution < -0.4 is 20.1 Å². The van der Waals surface area contributed by atoms with Crippen LogP contribution in [0.3, 0.4) is 0 Å². The monoisotopic (exact) mass is 398 g/mol.